The van der Waals surface area contributed by atoms with Crippen molar-refractivity contribution in [3.8, 4) is 0 Å². The predicted molar refractivity (Wildman–Crippen MR) is 89.3 cm³/mol. The molecule has 1 aliphatic carbocycles. The number of benzene rings is 1. The number of hydrogen-bond donors (Lipinski definition) is 4. The Hall–Kier alpha value is -1.48. The molecule has 8 heteroatoms. The zero-order chi connectivity index (χ0) is 16.9. The van der Waals surface area contributed by atoms with Gasteiger partial charge < -0.3 is 16.8 Å². The molecular weight excluding hydrogens is 316 g/mol. The third kappa shape index (κ3) is 4.51. The van der Waals surface area contributed by atoms with Crippen molar-refractivity contribution < 1.29 is 13.2 Å². The topological polar surface area (TPSA) is 127 Å². The second kappa shape index (κ2) is 7.39. The van der Waals surface area contributed by atoms with Gasteiger partial charge in [-0.2, -0.15) is 0 Å². The molecule has 0 aliphatic heterocycles. The lowest BCUT2D eigenvalue weighted by Gasteiger charge is -2.31. The molecule has 128 valence electrons. The maximum Gasteiger partial charge on any atom is 0.244 e. The number of sulfonamides is 1. The van der Waals surface area contributed by atoms with Crippen LogP contribution in [-0.2, 0) is 14.8 Å². The van der Waals surface area contributed by atoms with Crippen LogP contribution >= 0.6 is 0 Å². The molecule has 1 aromatic carbocycles. The van der Waals surface area contributed by atoms with Gasteiger partial charge in [0, 0.05) is 18.8 Å². The molecule has 6 N–H and O–H groups in total. The summed E-state index contributed by atoms with van der Waals surface area (Å²) in [5.41, 5.74) is 11.0. The van der Waals surface area contributed by atoms with Crippen molar-refractivity contribution in [2.45, 2.75) is 42.5 Å². The standard InChI is InChI=1S/C15H24N4O3S/c16-9-10-18-23(21,22)13-6-4-5-12(11-13)19-14(20)15(17)7-2-1-3-8-15/h4-6,11,18H,1-3,7-10,16-17H2,(H,19,20). The molecule has 0 spiro atoms. The van der Waals surface area contributed by atoms with Crippen molar-refractivity contribution in [2.75, 3.05) is 18.4 Å². The van der Waals surface area contributed by atoms with E-state index in [0.717, 1.165) is 19.3 Å². The Balaban J connectivity index is 2.12. The first-order valence-corrected chi connectivity index (χ1v) is 9.26. The summed E-state index contributed by atoms with van der Waals surface area (Å²) in [6, 6.07) is 6.11. The summed E-state index contributed by atoms with van der Waals surface area (Å²) in [6.07, 6.45) is 4.25. The van der Waals surface area contributed by atoms with Crippen LogP contribution in [-0.4, -0.2) is 33.0 Å². The van der Waals surface area contributed by atoms with Gasteiger partial charge in [0.25, 0.3) is 0 Å². The first kappa shape index (κ1) is 17.9. The van der Waals surface area contributed by atoms with Gasteiger partial charge in [0.1, 0.15) is 0 Å². The number of hydrogen-bond acceptors (Lipinski definition) is 5. The van der Waals surface area contributed by atoms with Crippen LogP contribution in [0.25, 0.3) is 0 Å². The van der Waals surface area contributed by atoms with Crippen molar-refractivity contribution in [1.82, 2.24) is 4.72 Å². The summed E-state index contributed by atoms with van der Waals surface area (Å²) >= 11 is 0. The fourth-order valence-electron chi connectivity index (χ4n) is 2.68. The van der Waals surface area contributed by atoms with Gasteiger partial charge in [-0.1, -0.05) is 25.3 Å². The molecule has 2 rings (SSSR count). The molecular formula is C15H24N4O3S. The zero-order valence-electron chi connectivity index (χ0n) is 13.0. The zero-order valence-corrected chi connectivity index (χ0v) is 13.9. The average molecular weight is 340 g/mol. The highest BCUT2D eigenvalue weighted by Crippen LogP contribution is 2.27. The van der Waals surface area contributed by atoms with Crippen LogP contribution in [0.2, 0.25) is 0 Å². The van der Waals surface area contributed by atoms with E-state index in [1.807, 2.05) is 0 Å². The Morgan fingerprint density at radius 2 is 1.91 bits per heavy atom. The largest absolute Gasteiger partial charge is 0.329 e. The fourth-order valence-corrected chi connectivity index (χ4v) is 3.78. The van der Waals surface area contributed by atoms with E-state index in [1.165, 1.54) is 12.1 Å². The molecule has 0 atom stereocenters. The Labute approximate surface area is 136 Å². The number of anilines is 1. The summed E-state index contributed by atoms with van der Waals surface area (Å²) in [6.45, 7) is 0.371. The molecule has 0 saturated heterocycles. The van der Waals surface area contributed by atoms with Gasteiger partial charge in [-0.25, -0.2) is 13.1 Å². The summed E-state index contributed by atoms with van der Waals surface area (Å²) in [5.74, 6) is -0.262. The van der Waals surface area contributed by atoms with Gasteiger partial charge in [0.15, 0.2) is 0 Å². The summed E-state index contributed by atoms with van der Waals surface area (Å²) < 4.78 is 26.6. The summed E-state index contributed by atoms with van der Waals surface area (Å²) in [5, 5.41) is 2.74. The first-order chi connectivity index (χ1) is 10.9. The van der Waals surface area contributed by atoms with Crippen LogP contribution in [0.4, 0.5) is 5.69 Å². The molecule has 1 saturated carbocycles. The van der Waals surface area contributed by atoms with Gasteiger partial charge >= 0.3 is 0 Å². The smallest absolute Gasteiger partial charge is 0.244 e. The lowest BCUT2D eigenvalue weighted by atomic mass is 9.82. The Bertz CT molecular complexity index is 654. The normalized spacial score (nSPS) is 17.7. The molecule has 1 aromatic rings. The van der Waals surface area contributed by atoms with Gasteiger partial charge in [-0.05, 0) is 31.0 Å². The van der Waals surface area contributed by atoms with Gasteiger partial charge in [0.2, 0.25) is 15.9 Å². The lowest BCUT2D eigenvalue weighted by molar-refractivity contribution is -0.122. The van der Waals surface area contributed by atoms with Gasteiger partial charge in [0.05, 0.1) is 10.4 Å². The van der Waals surface area contributed by atoms with Crippen molar-refractivity contribution >= 4 is 21.6 Å². The van der Waals surface area contributed by atoms with Crippen molar-refractivity contribution in [2.24, 2.45) is 11.5 Å². The molecule has 0 heterocycles. The van der Waals surface area contributed by atoms with E-state index in [1.54, 1.807) is 12.1 Å². The molecule has 0 radical (unpaired) electrons. The SMILES string of the molecule is NCCNS(=O)(=O)c1cccc(NC(=O)C2(N)CCCCC2)c1. The third-order valence-electron chi connectivity index (χ3n) is 4.04. The van der Waals surface area contributed by atoms with E-state index in [9.17, 15) is 13.2 Å². The number of carbonyl (C=O) groups excluding carboxylic acids is 1. The molecule has 1 amide bonds. The molecule has 0 aromatic heterocycles. The van der Waals surface area contributed by atoms with Crippen LogP contribution in [0.15, 0.2) is 29.2 Å². The van der Waals surface area contributed by atoms with Crippen molar-refractivity contribution in [3.63, 3.8) is 0 Å². The summed E-state index contributed by atoms with van der Waals surface area (Å²) in [4.78, 5) is 12.5. The number of nitrogens with one attached hydrogen (secondary N) is 2. The highest BCUT2D eigenvalue weighted by atomic mass is 32.2. The van der Waals surface area contributed by atoms with Gasteiger partial charge in [-0.15, -0.1) is 0 Å². The minimum Gasteiger partial charge on any atom is -0.329 e. The van der Waals surface area contributed by atoms with Crippen molar-refractivity contribution in [1.29, 1.82) is 0 Å². The third-order valence-corrected chi connectivity index (χ3v) is 5.50. The van der Waals surface area contributed by atoms with E-state index in [4.69, 9.17) is 11.5 Å². The van der Waals surface area contributed by atoms with Crippen LogP contribution in [0.1, 0.15) is 32.1 Å². The minimum atomic E-state index is -3.63. The molecule has 7 nitrogen and oxygen atoms in total. The minimum absolute atomic E-state index is 0.0819. The van der Waals surface area contributed by atoms with E-state index < -0.39 is 15.6 Å². The molecule has 0 unspecified atom stereocenters. The number of carbonyl (C=O) groups is 1. The molecule has 1 aliphatic rings. The fraction of sp³-hybridized carbons (Fsp3) is 0.533. The van der Waals surface area contributed by atoms with Crippen LogP contribution in [0.5, 0.6) is 0 Å². The molecule has 23 heavy (non-hydrogen) atoms. The highest BCUT2D eigenvalue weighted by molar-refractivity contribution is 7.89. The second-order valence-corrected chi connectivity index (χ2v) is 7.65. The quantitative estimate of drug-likeness (QED) is 0.600. The maximum atomic E-state index is 12.4. The van der Waals surface area contributed by atoms with Crippen LogP contribution in [0.3, 0.4) is 0 Å². The average Bonchev–Trinajstić information content (AvgIpc) is 2.54. The Kier molecular flexibility index (Phi) is 5.74. The Morgan fingerprint density at radius 1 is 1.22 bits per heavy atom. The van der Waals surface area contributed by atoms with Crippen LogP contribution < -0.4 is 21.5 Å². The number of rotatable bonds is 6. The maximum absolute atomic E-state index is 12.4. The van der Waals surface area contributed by atoms with Gasteiger partial charge in [-0.3, -0.25) is 4.79 Å². The first-order valence-electron chi connectivity index (χ1n) is 7.77. The Morgan fingerprint density at radius 3 is 2.57 bits per heavy atom. The molecule has 0 bridgehead atoms. The highest BCUT2D eigenvalue weighted by Gasteiger charge is 2.35. The van der Waals surface area contributed by atoms with Crippen LogP contribution in [0, 0.1) is 0 Å². The molecule has 1 fully saturated rings. The summed E-state index contributed by atoms with van der Waals surface area (Å²) in [7, 11) is -3.63. The van der Waals surface area contributed by atoms with E-state index in [2.05, 4.69) is 10.0 Å². The van der Waals surface area contributed by atoms with E-state index in [0.29, 0.717) is 18.5 Å². The van der Waals surface area contributed by atoms with Crippen molar-refractivity contribution in [3.05, 3.63) is 24.3 Å². The number of amides is 1. The second-order valence-electron chi connectivity index (χ2n) is 5.89. The predicted octanol–water partition coefficient (Wildman–Crippen LogP) is 0.524. The number of nitrogens with two attached hydrogens (primary N) is 2. The van der Waals surface area contributed by atoms with E-state index >= 15 is 0 Å². The van der Waals surface area contributed by atoms with E-state index in [-0.39, 0.29) is 23.9 Å². The lowest BCUT2D eigenvalue weighted by Crippen LogP contribution is -2.52. The monoisotopic (exact) mass is 340 g/mol.